The summed E-state index contributed by atoms with van der Waals surface area (Å²) in [5.74, 6) is -0.00723. The summed E-state index contributed by atoms with van der Waals surface area (Å²) in [4.78, 5) is 14.8. The molecule has 0 bridgehead atoms. The van der Waals surface area contributed by atoms with Crippen molar-refractivity contribution in [3.05, 3.63) is 33.0 Å². The van der Waals surface area contributed by atoms with Crippen molar-refractivity contribution in [1.82, 2.24) is 4.98 Å². The molecule has 21 heavy (non-hydrogen) atoms. The standard InChI is InChI=1S/C15H15ClINO3/c16-11-9-12(17)15(14-10(11)5-4-7-18-14)21-8-3-1-2-6-13(19)20/h4-5,7,9H,1-3,6,8H2,(H,19,20). The molecule has 1 aromatic carbocycles. The molecular weight excluding hydrogens is 405 g/mol. The van der Waals surface area contributed by atoms with Gasteiger partial charge in [-0.05, 0) is 60.1 Å². The van der Waals surface area contributed by atoms with Gasteiger partial charge in [0.1, 0.15) is 5.52 Å². The number of pyridine rings is 1. The number of aromatic nitrogens is 1. The third-order valence-corrected chi connectivity index (χ3v) is 4.15. The zero-order valence-electron chi connectivity index (χ0n) is 11.3. The highest BCUT2D eigenvalue weighted by molar-refractivity contribution is 14.1. The van der Waals surface area contributed by atoms with E-state index in [1.165, 1.54) is 0 Å². The molecule has 0 saturated carbocycles. The fourth-order valence-corrected chi connectivity index (χ4v) is 3.18. The van der Waals surface area contributed by atoms with E-state index in [4.69, 9.17) is 21.4 Å². The molecular formula is C15H15ClINO3. The molecule has 0 amide bonds. The zero-order chi connectivity index (χ0) is 15.2. The minimum absolute atomic E-state index is 0.211. The number of ether oxygens (including phenoxy) is 1. The molecule has 1 N–H and O–H groups in total. The van der Waals surface area contributed by atoms with Crippen LogP contribution in [0.1, 0.15) is 25.7 Å². The van der Waals surface area contributed by atoms with Gasteiger partial charge in [0.05, 0.1) is 15.2 Å². The lowest BCUT2D eigenvalue weighted by molar-refractivity contribution is -0.137. The van der Waals surface area contributed by atoms with Crippen molar-refractivity contribution >= 4 is 51.1 Å². The lowest BCUT2D eigenvalue weighted by atomic mass is 10.2. The number of carbonyl (C=O) groups is 1. The number of hydrogen-bond donors (Lipinski definition) is 1. The topological polar surface area (TPSA) is 59.4 Å². The third-order valence-electron chi connectivity index (χ3n) is 3.03. The van der Waals surface area contributed by atoms with Crippen LogP contribution in [0.4, 0.5) is 0 Å². The van der Waals surface area contributed by atoms with Gasteiger partial charge in [-0.25, -0.2) is 0 Å². The van der Waals surface area contributed by atoms with Crippen LogP contribution in [0, 0.1) is 3.57 Å². The Balaban J connectivity index is 2.00. The Morgan fingerprint density at radius 2 is 2.19 bits per heavy atom. The van der Waals surface area contributed by atoms with E-state index in [1.807, 2.05) is 18.2 Å². The number of carboxylic acid groups (broad SMARTS) is 1. The van der Waals surface area contributed by atoms with E-state index in [1.54, 1.807) is 6.20 Å². The largest absolute Gasteiger partial charge is 0.490 e. The molecule has 0 saturated heterocycles. The van der Waals surface area contributed by atoms with Gasteiger partial charge in [0.25, 0.3) is 0 Å². The molecule has 1 aromatic heterocycles. The van der Waals surface area contributed by atoms with Crippen molar-refractivity contribution < 1.29 is 14.6 Å². The summed E-state index contributed by atoms with van der Waals surface area (Å²) in [6, 6.07) is 5.63. The number of hydrogen-bond acceptors (Lipinski definition) is 3. The van der Waals surface area contributed by atoms with Crippen molar-refractivity contribution in [2.75, 3.05) is 6.61 Å². The van der Waals surface area contributed by atoms with Crippen molar-refractivity contribution in [1.29, 1.82) is 0 Å². The van der Waals surface area contributed by atoms with E-state index in [-0.39, 0.29) is 6.42 Å². The van der Waals surface area contributed by atoms with Gasteiger partial charge >= 0.3 is 5.97 Å². The quantitative estimate of drug-likeness (QED) is 0.530. The Hall–Kier alpha value is -1.08. The highest BCUT2D eigenvalue weighted by Gasteiger charge is 2.11. The van der Waals surface area contributed by atoms with Crippen LogP contribution < -0.4 is 4.74 Å². The number of aliphatic carboxylic acids is 1. The van der Waals surface area contributed by atoms with E-state index in [0.717, 1.165) is 33.1 Å². The molecule has 0 radical (unpaired) electrons. The first-order valence-electron chi connectivity index (χ1n) is 6.67. The molecule has 0 unspecified atom stereocenters. The summed E-state index contributed by atoms with van der Waals surface area (Å²) in [5, 5.41) is 10.1. The van der Waals surface area contributed by atoms with Gasteiger partial charge in [-0.15, -0.1) is 0 Å². The molecule has 112 valence electrons. The zero-order valence-corrected chi connectivity index (χ0v) is 14.2. The maximum absolute atomic E-state index is 10.4. The van der Waals surface area contributed by atoms with E-state index in [2.05, 4.69) is 27.6 Å². The lowest BCUT2D eigenvalue weighted by Crippen LogP contribution is -2.01. The van der Waals surface area contributed by atoms with Gasteiger partial charge in [0.15, 0.2) is 5.75 Å². The molecule has 2 rings (SSSR count). The molecule has 0 fully saturated rings. The van der Waals surface area contributed by atoms with Gasteiger partial charge in [0, 0.05) is 18.0 Å². The van der Waals surface area contributed by atoms with Crippen LogP contribution >= 0.6 is 34.2 Å². The van der Waals surface area contributed by atoms with Crippen molar-refractivity contribution in [2.24, 2.45) is 0 Å². The Labute approximate surface area is 141 Å². The molecule has 4 nitrogen and oxygen atoms in total. The summed E-state index contributed by atoms with van der Waals surface area (Å²) in [7, 11) is 0. The maximum atomic E-state index is 10.4. The monoisotopic (exact) mass is 419 g/mol. The molecule has 0 spiro atoms. The van der Waals surface area contributed by atoms with E-state index >= 15 is 0 Å². The molecule has 2 aromatic rings. The van der Waals surface area contributed by atoms with Crippen LogP contribution in [0.25, 0.3) is 10.9 Å². The minimum atomic E-state index is -0.752. The van der Waals surface area contributed by atoms with Gasteiger partial charge in [-0.3, -0.25) is 9.78 Å². The summed E-state index contributed by atoms with van der Waals surface area (Å²) < 4.78 is 6.76. The molecule has 0 aliphatic carbocycles. The number of halogens is 2. The van der Waals surface area contributed by atoms with Gasteiger partial charge in [-0.1, -0.05) is 11.6 Å². The van der Waals surface area contributed by atoms with Crippen molar-refractivity contribution in [3.63, 3.8) is 0 Å². The Morgan fingerprint density at radius 1 is 1.38 bits per heavy atom. The second kappa shape index (κ2) is 7.79. The first kappa shape index (κ1) is 16.3. The Bertz CT molecular complexity index is 648. The maximum Gasteiger partial charge on any atom is 0.303 e. The lowest BCUT2D eigenvalue weighted by Gasteiger charge is -2.11. The average Bonchev–Trinajstić information content (AvgIpc) is 2.45. The molecule has 0 aliphatic heterocycles. The van der Waals surface area contributed by atoms with Crippen LogP contribution in [0.3, 0.4) is 0 Å². The second-order valence-electron chi connectivity index (χ2n) is 4.62. The first-order chi connectivity index (χ1) is 10.1. The summed E-state index contributed by atoms with van der Waals surface area (Å²) in [6.45, 7) is 0.545. The Kier molecular flexibility index (Phi) is 6.05. The van der Waals surface area contributed by atoms with E-state index in [9.17, 15) is 4.79 Å². The van der Waals surface area contributed by atoms with Gasteiger partial charge < -0.3 is 9.84 Å². The van der Waals surface area contributed by atoms with Crippen molar-refractivity contribution in [2.45, 2.75) is 25.7 Å². The smallest absolute Gasteiger partial charge is 0.303 e. The highest BCUT2D eigenvalue weighted by atomic mass is 127. The number of unbranched alkanes of at least 4 members (excludes halogenated alkanes) is 2. The fourth-order valence-electron chi connectivity index (χ4n) is 2.01. The third kappa shape index (κ3) is 4.44. The number of fused-ring (bicyclic) bond motifs is 1. The molecule has 6 heteroatoms. The highest BCUT2D eigenvalue weighted by Crippen LogP contribution is 2.34. The number of carboxylic acids is 1. The normalized spacial score (nSPS) is 10.8. The number of rotatable bonds is 7. The molecule has 0 atom stereocenters. The summed E-state index contributed by atoms with van der Waals surface area (Å²) in [5.41, 5.74) is 0.764. The average molecular weight is 420 g/mol. The van der Waals surface area contributed by atoms with Gasteiger partial charge in [0.2, 0.25) is 0 Å². The van der Waals surface area contributed by atoms with E-state index in [0.29, 0.717) is 18.1 Å². The summed E-state index contributed by atoms with van der Waals surface area (Å²) >= 11 is 8.39. The van der Waals surface area contributed by atoms with Crippen molar-refractivity contribution in [3.8, 4) is 5.75 Å². The van der Waals surface area contributed by atoms with Crippen LogP contribution in [0.5, 0.6) is 5.75 Å². The molecule has 0 aliphatic rings. The van der Waals surface area contributed by atoms with E-state index < -0.39 is 5.97 Å². The van der Waals surface area contributed by atoms with Gasteiger partial charge in [-0.2, -0.15) is 0 Å². The Morgan fingerprint density at radius 3 is 2.95 bits per heavy atom. The molecule has 1 heterocycles. The first-order valence-corrected chi connectivity index (χ1v) is 8.12. The minimum Gasteiger partial charge on any atom is -0.490 e. The van der Waals surface area contributed by atoms with Crippen LogP contribution in [-0.4, -0.2) is 22.7 Å². The predicted molar refractivity (Wildman–Crippen MR) is 91.1 cm³/mol. The van der Waals surface area contributed by atoms with Crippen LogP contribution in [-0.2, 0) is 4.79 Å². The fraction of sp³-hybridized carbons (Fsp3) is 0.333. The SMILES string of the molecule is O=C(O)CCCCCOc1c(I)cc(Cl)c2cccnc12. The predicted octanol–water partition coefficient (Wildman–Crippen LogP) is 4.52. The van der Waals surface area contributed by atoms with Crippen LogP contribution in [0.15, 0.2) is 24.4 Å². The number of nitrogens with zero attached hydrogens (tertiary/aromatic N) is 1. The van der Waals surface area contributed by atoms with Crippen LogP contribution in [0.2, 0.25) is 5.02 Å². The number of benzene rings is 1. The summed E-state index contributed by atoms with van der Waals surface area (Å²) in [6.07, 6.45) is 4.26. The second-order valence-corrected chi connectivity index (χ2v) is 6.19.